The largest absolute Gasteiger partial charge is 0.332 e. The van der Waals surface area contributed by atoms with E-state index in [0.29, 0.717) is 18.8 Å². The van der Waals surface area contributed by atoms with Crippen molar-refractivity contribution < 1.29 is 4.79 Å². The van der Waals surface area contributed by atoms with E-state index in [1.807, 2.05) is 47.4 Å². The average Bonchev–Trinajstić information content (AvgIpc) is 3.30. The number of rotatable bonds is 4. The Morgan fingerprint density at radius 1 is 1.24 bits per heavy atom. The van der Waals surface area contributed by atoms with Crippen LogP contribution in [-0.4, -0.2) is 32.3 Å². The molecular formula is C19H18N4OS. The molecule has 4 rings (SSSR count). The number of hydrogen-bond donors (Lipinski definition) is 0. The highest BCUT2D eigenvalue weighted by molar-refractivity contribution is 7.10. The van der Waals surface area contributed by atoms with Gasteiger partial charge < -0.3 is 4.90 Å². The Bertz CT molecular complexity index is 897. The maximum Gasteiger partial charge on any atom is 0.276 e. The highest BCUT2D eigenvalue weighted by atomic mass is 32.1. The van der Waals surface area contributed by atoms with Crippen molar-refractivity contribution in [2.24, 2.45) is 0 Å². The number of aromatic nitrogens is 3. The topological polar surface area (TPSA) is 51.0 Å². The summed E-state index contributed by atoms with van der Waals surface area (Å²) < 4.78 is 1.69. The third kappa shape index (κ3) is 3.53. The van der Waals surface area contributed by atoms with Crippen LogP contribution in [0.25, 0.3) is 6.08 Å². The Labute approximate surface area is 150 Å². The quantitative estimate of drug-likeness (QED) is 0.726. The van der Waals surface area contributed by atoms with Crippen molar-refractivity contribution in [3.63, 3.8) is 0 Å². The van der Waals surface area contributed by atoms with Gasteiger partial charge in [-0.1, -0.05) is 47.7 Å². The molecule has 0 saturated carbocycles. The van der Waals surface area contributed by atoms with Crippen LogP contribution in [0.1, 0.15) is 26.5 Å². The molecule has 3 heterocycles. The Balaban J connectivity index is 1.39. The van der Waals surface area contributed by atoms with Crippen molar-refractivity contribution >= 4 is 23.3 Å². The summed E-state index contributed by atoms with van der Waals surface area (Å²) in [5, 5.41) is 10.2. The minimum atomic E-state index is -0.0462. The van der Waals surface area contributed by atoms with Crippen molar-refractivity contribution in [1.82, 2.24) is 19.9 Å². The maximum atomic E-state index is 12.6. The van der Waals surface area contributed by atoms with Gasteiger partial charge in [-0.25, -0.2) is 4.68 Å². The second-order valence-corrected chi connectivity index (χ2v) is 6.99. The van der Waals surface area contributed by atoms with Gasteiger partial charge >= 0.3 is 0 Å². The van der Waals surface area contributed by atoms with E-state index in [1.54, 1.807) is 22.2 Å². The van der Waals surface area contributed by atoms with E-state index in [-0.39, 0.29) is 5.91 Å². The molecule has 3 aromatic rings. The molecule has 1 aliphatic rings. The molecule has 0 unspecified atom stereocenters. The predicted molar refractivity (Wildman–Crippen MR) is 98.3 cm³/mol. The molecule has 1 aromatic carbocycles. The van der Waals surface area contributed by atoms with Crippen LogP contribution in [0.4, 0.5) is 0 Å². The molecule has 0 saturated heterocycles. The zero-order valence-corrected chi connectivity index (χ0v) is 14.5. The summed E-state index contributed by atoms with van der Waals surface area (Å²) >= 11 is 1.77. The van der Waals surface area contributed by atoms with Crippen LogP contribution >= 0.6 is 11.3 Å². The first-order chi connectivity index (χ1) is 12.3. The lowest BCUT2D eigenvalue weighted by Gasteiger charge is -2.26. The smallest absolute Gasteiger partial charge is 0.276 e. The van der Waals surface area contributed by atoms with Crippen molar-refractivity contribution in [1.29, 1.82) is 0 Å². The lowest BCUT2D eigenvalue weighted by atomic mass is 10.1. The molecule has 1 aliphatic heterocycles. The third-order valence-corrected chi connectivity index (χ3v) is 5.28. The number of amides is 1. The molecule has 5 nitrogen and oxygen atoms in total. The van der Waals surface area contributed by atoms with E-state index in [9.17, 15) is 4.79 Å². The molecule has 6 heteroatoms. The van der Waals surface area contributed by atoms with Gasteiger partial charge in [0.05, 0.1) is 12.7 Å². The number of allylic oxidation sites excluding steroid dienone is 1. The van der Waals surface area contributed by atoms with Crippen molar-refractivity contribution in [3.05, 3.63) is 75.7 Å². The summed E-state index contributed by atoms with van der Waals surface area (Å²) in [6.07, 6.45) is 6.69. The van der Waals surface area contributed by atoms with Crippen molar-refractivity contribution in [3.8, 4) is 0 Å². The number of benzene rings is 1. The van der Waals surface area contributed by atoms with Crippen LogP contribution < -0.4 is 0 Å². The first-order valence-electron chi connectivity index (χ1n) is 8.26. The number of thiophene rings is 1. The average molecular weight is 350 g/mol. The monoisotopic (exact) mass is 350 g/mol. The highest BCUT2D eigenvalue weighted by Gasteiger charge is 2.24. The second kappa shape index (κ2) is 7.03. The molecule has 0 bridgehead atoms. The number of nitrogens with zero attached hydrogens (tertiary/aromatic N) is 4. The highest BCUT2D eigenvalue weighted by Crippen LogP contribution is 2.24. The predicted octanol–water partition coefficient (Wildman–Crippen LogP) is 3.25. The minimum Gasteiger partial charge on any atom is -0.332 e. The molecule has 0 fully saturated rings. The van der Waals surface area contributed by atoms with E-state index < -0.39 is 0 Å². The summed E-state index contributed by atoms with van der Waals surface area (Å²) in [7, 11) is 0. The van der Waals surface area contributed by atoms with Crippen molar-refractivity contribution in [2.75, 3.05) is 6.54 Å². The van der Waals surface area contributed by atoms with E-state index in [1.165, 1.54) is 10.4 Å². The summed E-state index contributed by atoms with van der Waals surface area (Å²) in [5.41, 5.74) is 2.80. The first-order valence-corrected chi connectivity index (χ1v) is 9.14. The zero-order valence-electron chi connectivity index (χ0n) is 13.7. The van der Waals surface area contributed by atoms with Gasteiger partial charge in [0, 0.05) is 18.0 Å². The summed E-state index contributed by atoms with van der Waals surface area (Å²) in [5.74, 6) is -0.0462. The second-order valence-electron chi connectivity index (χ2n) is 5.98. The maximum absolute atomic E-state index is 12.6. The van der Waals surface area contributed by atoms with Gasteiger partial charge in [-0.15, -0.1) is 16.4 Å². The lowest BCUT2D eigenvalue weighted by molar-refractivity contribution is 0.0730. The first kappa shape index (κ1) is 15.8. The van der Waals surface area contributed by atoms with Crippen LogP contribution in [0.15, 0.2) is 54.1 Å². The Kier molecular flexibility index (Phi) is 4.43. The normalized spacial score (nSPS) is 14.0. The van der Waals surface area contributed by atoms with Crippen LogP contribution in [0.5, 0.6) is 0 Å². The molecule has 0 aliphatic carbocycles. The number of fused-ring (bicyclic) bond motifs is 1. The van der Waals surface area contributed by atoms with Crippen LogP contribution in [0.2, 0.25) is 0 Å². The van der Waals surface area contributed by atoms with Crippen LogP contribution in [0.3, 0.4) is 0 Å². The molecule has 0 spiro atoms. The van der Waals surface area contributed by atoms with Gasteiger partial charge in [-0.2, -0.15) is 0 Å². The molecule has 0 radical (unpaired) electrons. The van der Waals surface area contributed by atoms with E-state index in [0.717, 1.165) is 18.5 Å². The molecule has 25 heavy (non-hydrogen) atoms. The van der Waals surface area contributed by atoms with Gasteiger partial charge in [0.25, 0.3) is 5.91 Å². The Morgan fingerprint density at radius 2 is 2.12 bits per heavy atom. The minimum absolute atomic E-state index is 0.0462. The third-order valence-electron chi connectivity index (χ3n) is 4.25. The summed E-state index contributed by atoms with van der Waals surface area (Å²) in [4.78, 5) is 15.9. The van der Waals surface area contributed by atoms with Gasteiger partial charge in [0.15, 0.2) is 5.69 Å². The number of carbonyl (C=O) groups is 1. The fourth-order valence-corrected chi connectivity index (χ4v) is 3.82. The molecule has 0 atom stereocenters. The molecule has 2 aromatic heterocycles. The Morgan fingerprint density at radius 3 is 3.00 bits per heavy atom. The van der Waals surface area contributed by atoms with Gasteiger partial charge in [0.1, 0.15) is 0 Å². The van der Waals surface area contributed by atoms with Gasteiger partial charge in [0.2, 0.25) is 0 Å². The number of carbonyl (C=O) groups excluding carboxylic acids is 1. The molecule has 1 amide bonds. The summed E-state index contributed by atoms with van der Waals surface area (Å²) in [6.45, 7) is 2.00. The van der Waals surface area contributed by atoms with E-state index in [2.05, 4.69) is 21.8 Å². The zero-order chi connectivity index (χ0) is 17.1. The van der Waals surface area contributed by atoms with Crippen LogP contribution in [-0.2, 0) is 19.5 Å². The lowest BCUT2D eigenvalue weighted by Crippen LogP contribution is -2.35. The van der Waals surface area contributed by atoms with E-state index in [4.69, 9.17) is 0 Å². The Hall–Kier alpha value is -2.73. The fourth-order valence-electron chi connectivity index (χ4n) is 2.93. The summed E-state index contributed by atoms with van der Waals surface area (Å²) in [6, 6.07) is 12.2. The molecular weight excluding hydrogens is 332 g/mol. The molecule has 0 N–H and O–H groups in total. The van der Waals surface area contributed by atoms with Gasteiger partial charge in [-0.3, -0.25) is 4.79 Å². The fraction of sp³-hybridized carbons (Fsp3) is 0.211. The number of hydrogen-bond acceptors (Lipinski definition) is 4. The SMILES string of the molecule is O=C(c1cn(CC=Cc2ccccc2)nn1)N1CCc2sccc2C1. The van der Waals surface area contributed by atoms with Crippen LogP contribution in [0, 0.1) is 0 Å². The van der Waals surface area contributed by atoms with Crippen molar-refractivity contribution in [2.45, 2.75) is 19.5 Å². The standard InChI is InChI=1S/C19H18N4OS/c24-19(22-11-8-18-16(13-22)9-12-25-18)17-14-23(21-20-17)10-4-7-15-5-2-1-3-6-15/h1-7,9,12,14H,8,10-11,13H2. The van der Waals surface area contributed by atoms with Gasteiger partial charge in [-0.05, 0) is 29.0 Å². The van der Waals surface area contributed by atoms with E-state index >= 15 is 0 Å². The molecule has 126 valence electrons.